The minimum atomic E-state index is -1.06. The second-order valence-electron chi connectivity index (χ2n) is 13.8. The van der Waals surface area contributed by atoms with Gasteiger partial charge >= 0.3 is 13.1 Å². The van der Waals surface area contributed by atoms with Crippen molar-refractivity contribution < 1.29 is 33.2 Å². The van der Waals surface area contributed by atoms with Crippen molar-refractivity contribution in [2.24, 2.45) is 5.92 Å². The van der Waals surface area contributed by atoms with Crippen molar-refractivity contribution in [2.45, 2.75) is 90.4 Å². The van der Waals surface area contributed by atoms with E-state index in [-0.39, 0.29) is 31.5 Å². The van der Waals surface area contributed by atoms with Crippen molar-refractivity contribution in [2.75, 3.05) is 13.7 Å². The fourth-order valence-electron chi connectivity index (χ4n) is 5.40. The molecule has 0 radical (unpaired) electrons. The molecule has 1 aliphatic rings. The number of hydrogen-bond acceptors (Lipinski definition) is 8. The Morgan fingerprint density at radius 2 is 1.29 bits per heavy atom. The molecule has 1 heterocycles. The summed E-state index contributed by atoms with van der Waals surface area (Å²) in [6.45, 7) is 12.6. The van der Waals surface area contributed by atoms with Crippen molar-refractivity contribution >= 4 is 30.4 Å². The van der Waals surface area contributed by atoms with Crippen LogP contribution in [0, 0.1) is 5.92 Å². The van der Waals surface area contributed by atoms with E-state index in [0.717, 1.165) is 22.2 Å². The van der Waals surface area contributed by atoms with E-state index in [1.807, 2.05) is 126 Å². The fraction of sp³-hybridized carbons (Fsp3) is 0.447. The monoisotopic (exact) mass is 671 g/mol. The van der Waals surface area contributed by atoms with Crippen LogP contribution in [0.1, 0.15) is 58.2 Å². The van der Waals surface area contributed by atoms with E-state index in [1.54, 1.807) is 0 Å². The van der Waals surface area contributed by atoms with Gasteiger partial charge in [0, 0.05) is 13.0 Å². The number of carbonyl (C=O) groups excluding carboxylic acids is 3. The van der Waals surface area contributed by atoms with Crippen LogP contribution in [0.4, 0.5) is 0 Å². The van der Waals surface area contributed by atoms with Crippen molar-refractivity contribution in [3.63, 3.8) is 0 Å². The van der Waals surface area contributed by atoms with Crippen molar-refractivity contribution in [1.82, 2.24) is 16.0 Å². The average molecular weight is 672 g/mol. The molecule has 1 saturated heterocycles. The minimum absolute atomic E-state index is 0.0846. The molecule has 0 unspecified atom stereocenters. The van der Waals surface area contributed by atoms with E-state index in [0.29, 0.717) is 6.54 Å². The smallest absolute Gasteiger partial charge is 0.467 e. The van der Waals surface area contributed by atoms with Crippen LogP contribution in [0.15, 0.2) is 84.9 Å². The molecule has 10 nitrogen and oxygen atoms in total. The van der Waals surface area contributed by atoms with Gasteiger partial charge < -0.3 is 34.7 Å². The van der Waals surface area contributed by atoms with Crippen LogP contribution < -0.4 is 21.4 Å². The predicted molar refractivity (Wildman–Crippen MR) is 190 cm³/mol. The number of rotatable bonds is 16. The summed E-state index contributed by atoms with van der Waals surface area (Å²) >= 11 is 0. The molecule has 262 valence electrons. The van der Waals surface area contributed by atoms with Crippen molar-refractivity contribution in [3.8, 4) is 0 Å². The third kappa shape index (κ3) is 10.5. The van der Waals surface area contributed by atoms with Gasteiger partial charge in [-0.15, -0.1) is 0 Å². The van der Waals surface area contributed by atoms with Crippen LogP contribution in [0.2, 0.25) is 0 Å². The number of ether oxygens (including phenoxy) is 2. The van der Waals surface area contributed by atoms with Gasteiger partial charge in [0.05, 0.1) is 37.6 Å². The molecular weight excluding hydrogens is 621 g/mol. The highest BCUT2D eigenvalue weighted by Gasteiger charge is 2.51. The maximum Gasteiger partial charge on any atom is 0.494 e. The molecule has 3 aromatic rings. The number of esters is 1. The standard InChI is InChI=1S/C38H50BN3O7/c1-26(2)33(40-23-28-18-20-30(21-19-28)39-48-37(3,4)38(5,6)49-39)35(44)41-31(22-27-14-10-8-11-15-27)34(43)42-32(36(45)46-7)25-47-24-29-16-12-9-13-17-29/h8-21,26,31-33,40H,22-25H2,1-7H3,(H,41,44)(H,42,43)/t31-,32-,33-/m0/s1. The SMILES string of the molecule is COC(=O)[C@H](COCc1ccccc1)NC(=O)[C@H](Cc1ccccc1)NC(=O)[C@@H](NCc1ccc(B2OC(C)(C)C(C)(C)O2)cc1)C(C)C. The molecule has 1 aliphatic heterocycles. The third-order valence-corrected chi connectivity index (χ3v) is 9.09. The Morgan fingerprint density at radius 1 is 0.735 bits per heavy atom. The number of amides is 2. The minimum Gasteiger partial charge on any atom is -0.467 e. The highest BCUT2D eigenvalue weighted by molar-refractivity contribution is 6.62. The summed E-state index contributed by atoms with van der Waals surface area (Å²) in [4.78, 5) is 40.1. The molecule has 1 fully saturated rings. The van der Waals surface area contributed by atoms with Crippen LogP contribution >= 0.6 is 0 Å². The molecule has 0 aliphatic carbocycles. The zero-order valence-electron chi connectivity index (χ0n) is 29.7. The van der Waals surface area contributed by atoms with Gasteiger partial charge in [0.2, 0.25) is 11.8 Å². The number of hydrogen-bond donors (Lipinski definition) is 3. The Hall–Kier alpha value is -4.03. The van der Waals surface area contributed by atoms with Crippen LogP contribution in [0.3, 0.4) is 0 Å². The molecule has 0 bridgehead atoms. The van der Waals surface area contributed by atoms with E-state index < -0.39 is 48.3 Å². The van der Waals surface area contributed by atoms with Gasteiger partial charge in [0.25, 0.3) is 0 Å². The molecule has 0 spiro atoms. The zero-order chi connectivity index (χ0) is 35.6. The van der Waals surface area contributed by atoms with Gasteiger partial charge in [0.15, 0.2) is 6.04 Å². The number of methoxy groups -OCH3 is 1. The van der Waals surface area contributed by atoms with E-state index in [9.17, 15) is 14.4 Å². The molecule has 11 heteroatoms. The number of benzene rings is 3. The number of nitrogens with one attached hydrogen (secondary N) is 3. The Kier molecular flexibility index (Phi) is 13.2. The largest absolute Gasteiger partial charge is 0.494 e. The van der Waals surface area contributed by atoms with Crippen LogP contribution in [0.5, 0.6) is 0 Å². The molecule has 0 aromatic heterocycles. The first-order valence-electron chi connectivity index (χ1n) is 16.8. The second-order valence-corrected chi connectivity index (χ2v) is 13.8. The topological polar surface area (TPSA) is 124 Å². The summed E-state index contributed by atoms with van der Waals surface area (Å²) in [6, 6.07) is 24.2. The summed E-state index contributed by atoms with van der Waals surface area (Å²) < 4.78 is 23.1. The first-order chi connectivity index (χ1) is 23.3. The predicted octanol–water partition coefficient (Wildman–Crippen LogP) is 3.70. The summed E-state index contributed by atoms with van der Waals surface area (Å²) in [5.74, 6) is -1.57. The quantitative estimate of drug-likeness (QED) is 0.156. The summed E-state index contributed by atoms with van der Waals surface area (Å²) in [5.41, 5.74) is 2.83. The molecule has 49 heavy (non-hydrogen) atoms. The molecule has 2 amide bonds. The highest BCUT2D eigenvalue weighted by Crippen LogP contribution is 2.36. The molecule has 3 aromatic carbocycles. The molecule has 0 saturated carbocycles. The Morgan fingerprint density at radius 3 is 1.84 bits per heavy atom. The van der Waals surface area contributed by atoms with Crippen molar-refractivity contribution in [1.29, 1.82) is 0 Å². The van der Waals surface area contributed by atoms with Gasteiger partial charge in [-0.1, -0.05) is 98.8 Å². The lowest BCUT2D eigenvalue weighted by Crippen LogP contribution is -2.57. The summed E-state index contributed by atoms with van der Waals surface area (Å²) in [7, 11) is 0.801. The fourth-order valence-corrected chi connectivity index (χ4v) is 5.40. The lowest BCUT2D eigenvalue weighted by atomic mass is 9.79. The van der Waals surface area contributed by atoms with Gasteiger partial charge in [-0.05, 0) is 55.8 Å². The Balaban J connectivity index is 1.41. The number of carbonyl (C=O) groups is 3. The van der Waals surface area contributed by atoms with E-state index in [4.69, 9.17) is 18.8 Å². The lowest BCUT2D eigenvalue weighted by Gasteiger charge is -2.32. The second kappa shape index (κ2) is 17.1. The molecule has 3 atom stereocenters. The maximum atomic E-state index is 13.8. The van der Waals surface area contributed by atoms with Gasteiger partial charge in [-0.25, -0.2) is 4.79 Å². The highest BCUT2D eigenvalue weighted by atomic mass is 16.7. The van der Waals surface area contributed by atoms with E-state index in [2.05, 4.69) is 16.0 Å². The summed E-state index contributed by atoms with van der Waals surface area (Å²) in [6.07, 6.45) is 0.225. The first kappa shape index (κ1) is 37.8. The van der Waals surface area contributed by atoms with Gasteiger partial charge in [-0.2, -0.15) is 0 Å². The Bertz CT molecular complexity index is 1500. The first-order valence-corrected chi connectivity index (χ1v) is 16.8. The average Bonchev–Trinajstić information content (AvgIpc) is 3.30. The molecular formula is C38H50BN3O7. The van der Waals surface area contributed by atoms with Crippen LogP contribution in [-0.2, 0) is 52.7 Å². The van der Waals surface area contributed by atoms with E-state index in [1.165, 1.54) is 7.11 Å². The van der Waals surface area contributed by atoms with Gasteiger partial charge in [-0.3, -0.25) is 9.59 Å². The van der Waals surface area contributed by atoms with Gasteiger partial charge in [0.1, 0.15) is 6.04 Å². The van der Waals surface area contributed by atoms with Crippen molar-refractivity contribution in [3.05, 3.63) is 102 Å². The lowest BCUT2D eigenvalue weighted by molar-refractivity contribution is -0.147. The van der Waals surface area contributed by atoms with Crippen LogP contribution in [-0.4, -0.2) is 67.9 Å². The summed E-state index contributed by atoms with van der Waals surface area (Å²) in [5, 5.41) is 9.07. The normalized spacial score (nSPS) is 16.9. The molecule has 4 rings (SSSR count). The zero-order valence-corrected chi connectivity index (χ0v) is 29.7. The van der Waals surface area contributed by atoms with Crippen LogP contribution in [0.25, 0.3) is 0 Å². The maximum absolute atomic E-state index is 13.8. The third-order valence-electron chi connectivity index (χ3n) is 9.09. The van der Waals surface area contributed by atoms with E-state index >= 15 is 0 Å². The Labute approximate surface area is 290 Å². The molecule has 3 N–H and O–H groups in total.